The summed E-state index contributed by atoms with van der Waals surface area (Å²) in [5.74, 6) is 0.467. The van der Waals surface area contributed by atoms with Crippen molar-refractivity contribution in [1.82, 2.24) is 5.16 Å². The molecule has 0 fully saturated rings. The Hall–Kier alpha value is -3.15. The highest BCUT2D eigenvalue weighted by Crippen LogP contribution is 2.20. The number of hydrogen-bond acceptors (Lipinski definition) is 6. The number of nitrogens with zero attached hydrogens (tertiary/aromatic N) is 1. The molecule has 2 aromatic heterocycles. The van der Waals surface area contributed by atoms with E-state index in [4.69, 9.17) is 13.7 Å². The highest BCUT2D eigenvalue weighted by atomic mass is 16.5. The summed E-state index contributed by atoms with van der Waals surface area (Å²) in [5, 5.41) is 3.81. The number of esters is 1. The van der Waals surface area contributed by atoms with Gasteiger partial charge in [0.05, 0.1) is 12.7 Å². The molecule has 0 unspecified atom stereocenters. The zero-order chi connectivity index (χ0) is 16.8. The molecule has 0 aliphatic heterocycles. The Kier molecular flexibility index (Phi) is 4.86. The Bertz CT molecular complexity index is 805. The average molecular weight is 325 g/mol. The lowest BCUT2D eigenvalue weighted by molar-refractivity contribution is -0.145. The fourth-order valence-corrected chi connectivity index (χ4v) is 2.13. The Labute approximate surface area is 138 Å². The van der Waals surface area contributed by atoms with Crippen LogP contribution in [0.2, 0.25) is 0 Å². The second kappa shape index (κ2) is 7.41. The summed E-state index contributed by atoms with van der Waals surface area (Å²) >= 11 is 0. The third-order valence-electron chi connectivity index (χ3n) is 3.36. The molecule has 0 saturated heterocycles. The van der Waals surface area contributed by atoms with E-state index in [0.29, 0.717) is 22.8 Å². The van der Waals surface area contributed by atoms with E-state index in [1.165, 1.54) is 6.26 Å². The first-order valence-electron chi connectivity index (χ1n) is 7.46. The quantitative estimate of drug-likeness (QED) is 0.487. The first kappa shape index (κ1) is 15.7. The SMILES string of the molecule is O=C(CCC(=O)c1ccccc1)OCc1cc(-c2ccco2)on1. The van der Waals surface area contributed by atoms with Crippen LogP contribution in [0.1, 0.15) is 28.9 Å². The first-order valence-corrected chi connectivity index (χ1v) is 7.46. The number of ether oxygens (including phenoxy) is 1. The van der Waals surface area contributed by atoms with Crippen LogP contribution in [-0.4, -0.2) is 16.9 Å². The van der Waals surface area contributed by atoms with Gasteiger partial charge in [-0.05, 0) is 12.1 Å². The van der Waals surface area contributed by atoms with E-state index in [1.807, 2.05) is 6.07 Å². The monoisotopic (exact) mass is 325 g/mol. The van der Waals surface area contributed by atoms with Crippen molar-refractivity contribution in [2.24, 2.45) is 0 Å². The van der Waals surface area contributed by atoms with E-state index < -0.39 is 5.97 Å². The smallest absolute Gasteiger partial charge is 0.306 e. The van der Waals surface area contributed by atoms with E-state index in [9.17, 15) is 9.59 Å². The number of rotatable bonds is 7. The van der Waals surface area contributed by atoms with Crippen LogP contribution >= 0.6 is 0 Å². The topological polar surface area (TPSA) is 82.5 Å². The van der Waals surface area contributed by atoms with Gasteiger partial charge >= 0.3 is 5.97 Å². The van der Waals surface area contributed by atoms with Gasteiger partial charge in [0.2, 0.25) is 5.76 Å². The van der Waals surface area contributed by atoms with Crippen LogP contribution < -0.4 is 0 Å². The zero-order valence-electron chi connectivity index (χ0n) is 12.8. The van der Waals surface area contributed by atoms with Crippen molar-refractivity contribution in [2.45, 2.75) is 19.4 Å². The van der Waals surface area contributed by atoms with Crippen molar-refractivity contribution in [1.29, 1.82) is 0 Å². The van der Waals surface area contributed by atoms with E-state index >= 15 is 0 Å². The molecule has 0 radical (unpaired) electrons. The van der Waals surface area contributed by atoms with Crippen molar-refractivity contribution in [3.05, 3.63) is 66.1 Å². The molecule has 0 amide bonds. The number of ketones is 1. The molecule has 2 heterocycles. The van der Waals surface area contributed by atoms with Gasteiger partial charge in [0.15, 0.2) is 11.5 Å². The van der Waals surface area contributed by atoms with Crippen LogP contribution in [0.15, 0.2) is 63.7 Å². The lowest BCUT2D eigenvalue weighted by Crippen LogP contribution is -2.08. The van der Waals surface area contributed by atoms with Gasteiger partial charge in [-0.25, -0.2) is 0 Å². The molecule has 0 aliphatic carbocycles. The number of aromatic nitrogens is 1. The molecule has 0 spiro atoms. The molecule has 0 bridgehead atoms. The van der Waals surface area contributed by atoms with Gasteiger partial charge in [0.1, 0.15) is 12.3 Å². The van der Waals surface area contributed by atoms with Crippen LogP contribution in [0.3, 0.4) is 0 Å². The Morgan fingerprint density at radius 2 is 1.83 bits per heavy atom. The van der Waals surface area contributed by atoms with E-state index in [-0.39, 0.29) is 25.2 Å². The number of carbonyl (C=O) groups excluding carboxylic acids is 2. The largest absolute Gasteiger partial charge is 0.461 e. The number of carbonyl (C=O) groups is 2. The molecule has 0 aliphatic rings. The van der Waals surface area contributed by atoms with Crippen LogP contribution in [0.25, 0.3) is 11.5 Å². The highest BCUT2D eigenvalue weighted by Gasteiger charge is 2.13. The standard InChI is InChI=1S/C18H15NO5/c20-15(13-5-2-1-3-6-13)8-9-18(21)23-12-14-11-17(24-19-14)16-7-4-10-22-16/h1-7,10-11H,8-9,12H2. The molecule has 0 saturated carbocycles. The van der Waals surface area contributed by atoms with Crippen molar-refractivity contribution in [2.75, 3.05) is 0 Å². The number of benzene rings is 1. The number of hydrogen-bond donors (Lipinski definition) is 0. The van der Waals surface area contributed by atoms with Crippen LogP contribution in [0, 0.1) is 0 Å². The predicted molar refractivity (Wildman–Crippen MR) is 84.0 cm³/mol. The van der Waals surface area contributed by atoms with Crippen LogP contribution in [0.5, 0.6) is 0 Å². The molecule has 0 atom stereocenters. The molecular formula is C18H15NO5. The Morgan fingerprint density at radius 3 is 2.58 bits per heavy atom. The third-order valence-corrected chi connectivity index (χ3v) is 3.36. The van der Waals surface area contributed by atoms with Gasteiger partial charge in [-0.1, -0.05) is 35.5 Å². The second-order valence-electron chi connectivity index (χ2n) is 5.11. The molecule has 24 heavy (non-hydrogen) atoms. The van der Waals surface area contributed by atoms with Crippen molar-refractivity contribution >= 4 is 11.8 Å². The molecule has 1 aromatic carbocycles. The summed E-state index contributed by atoms with van der Waals surface area (Å²) < 4.78 is 15.4. The summed E-state index contributed by atoms with van der Waals surface area (Å²) in [6, 6.07) is 14.0. The highest BCUT2D eigenvalue weighted by molar-refractivity contribution is 5.97. The normalized spacial score (nSPS) is 10.5. The van der Waals surface area contributed by atoms with E-state index in [1.54, 1.807) is 42.5 Å². The summed E-state index contributed by atoms with van der Waals surface area (Å²) in [5.41, 5.74) is 1.06. The second-order valence-corrected chi connectivity index (χ2v) is 5.11. The molecule has 0 N–H and O–H groups in total. The molecular weight excluding hydrogens is 310 g/mol. The fraction of sp³-hybridized carbons (Fsp3) is 0.167. The lowest BCUT2D eigenvalue weighted by Gasteiger charge is -2.02. The van der Waals surface area contributed by atoms with Gasteiger partial charge in [-0.2, -0.15) is 0 Å². The van der Waals surface area contributed by atoms with Gasteiger partial charge in [-0.3, -0.25) is 9.59 Å². The Morgan fingerprint density at radius 1 is 1.00 bits per heavy atom. The molecule has 6 nitrogen and oxygen atoms in total. The van der Waals surface area contributed by atoms with E-state index in [0.717, 1.165) is 0 Å². The summed E-state index contributed by atoms with van der Waals surface area (Å²) in [6.07, 6.45) is 1.66. The van der Waals surface area contributed by atoms with Gasteiger partial charge in [0, 0.05) is 18.1 Å². The molecule has 3 aromatic rings. The maximum Gasteiger partial charge on any atom is 0.306 e. The number of furan rings is 1. The fourth-order valence-electron chi connectivity index (χ4n) is 2.13. The lowest BCUT2D eigenvalue weighted by atomic mass is 10.1. The van der Waals surface area contributed by atoms with Crippen LogP contribution in [-0.2, 0) is 16.1 Å². The van der Waals surface area contributed by atoms with Crippen molar-refractivity contribution in [3.63, 3.8) is 0 Å². The minimum Gasteiger partial charge on any atom is -0.461 e. The van der Waals surface area contributed by atoms with Gasteiger partial charge < -0.3 is 13.7 Å². The van der Waals surface area contributed by atoms with Crippen molar-refractivity contribution in [3.8, 4) is 11.5 Å². The van der Waals surface area contributed by atoms with Gasteiger partial charge in [-0.15, -0.1) is 0 Å². The third kappa shape index (κ3) is 3.98. The molecule has 122 valence electrons. The van der Waals surface area contributed by atoms with Crippen molar-refractivity contribution < 1.29 is 23.3 Å². The van der Waals surface area contributed by atoms with E-state index in [2.05, 4.69) is 5.16 Å². The number of Topliss-reactive ketones (excluding diaryl/α,β-unsaturated/α-hetero) is 1. The maximum atomic E-state index is 11.9. The summed E-state index contributed by atoms with van der Waals surface area (Å²) in [6.45, 7) is -0.0113. The maximum absolute atomic E-state index is 11.9. The molecule has 3 rings (SSSR count). The predicted octanol–water partition coefficient (Wildman–Crippen LogP) is 3.64. The zero-order valence-corrected chi connectivity index (χ0v) is 12.8. The van der Waals surface area contributed by atoms with Gasteiger partial charge in [0.25, 0.3) is 0 Å². The molecule has 6 heteroatoms. The van der Waals surface area contributed by atoms with Crippen LogP contribution in [0.4, 0.5) is 0 Å². The first-order chi connectivity index (χ1) is 11.7. The minimum absolute atomic E-state index is 0.0113. The summed E-state index contributed by atoms with van der Waals surface area (Å²) in [4.78, 5) is 23.6. The average Bonchev–Trinajstić information content (AvgIpc) is 3.29. The summed E-state index contributed by atoms with van der Waals surface area (Å²) in [7, 11) is 0. The minimum atomic E-state index is -0.457. The Balaban J connectivity index is 1.45.